The lowest BCUT2D eigenvalue weighted by Crippen LogP contribution is -2.32. The largest absolute Gasteiger partial charge is 0.454 e. The first-order valence-corrected chi connectivity index (χ1v) is 8.69. The van der Waals surface area contributed by atoms with Crippen LogP contribution in [0, 0.1) is 0 Å². The Balaban J connectivity index is 1.37. The zero-order valence-corrected chi connectivity index (χ0v) is 14.8. The first-order chi connectivity index (χ1) is 12.6. The lowest BCUT2D eigenvalue weighted by Gasteiger charge is -2.08. The number of hydrogen-bond acceptors (Lipinski definition) is 4. The molecule has 0 radical (unpaired) electrons. The Labute approximate surface area is 156 Å². The average Bonchev–Trinajstić information content (AvgIpc) is 3.09. The van der Waals surface area contributed by atoms with Gasteiger partial charge in [0.1, 0.15) is 0 Å². The number of hydrogen-bond donors (Lipinski definition) is 2. The van der Waals surface area contributed by atoms with Crippen molar-refractivity contribution in [2.24, 2.45) is 0 Å². The summed E-state index contributed by atoms with van der Waals surface area (Å²) in [6.07, 6.45) is 1.72. The van der Waals surface area contributed by atoms with Crippen LogP contribution in [-0.2, 0) is 16.0 Å². The van der Waals surface area contributed by atoms with E-state index < -0.39 is 0 Å². The number of anilines is 1. The van der Waals surface area contributed by atoms with E-state index >= 15 is 0 Å². The predicted molar refractivity (Wildman–Crippen MR) is 98.6 cm³/mol. The van der Waals surface area contributed by atoms with Crippen molar-refractivity contribution in [2.75, 3.05) is 18.7 Å². The van der Waals surface area contributed by atoms with Gasteiger partial charge < -0.3 is 20.1 Å². The zero-order chi connectivity index (χ0) is 18.4. The molecule has 26 heavy (non-hydrogen) atoms. The minimum atomic E-state index is -0.302. The number of carbonyl (C=O) groups is 2. The lowest BCUT2D eigenvalue weighted by molar-refractivity contribution is -0.124. The number of fused-ring (bicyclic) bond motifs is 1. The predicted octanol–water partition coefficient (Wildman–Crippen LogP) is 3.15. The monoisotopic (exact) mass is 374 g/mol. The van der Waals surface area contributed by atoms with E-state index in [2.05, 4.69) is 10.6 Å². The van der Waals surface area contributed by atoms with E-state index in [1.807, 2.05) is 24.3 Å². The van der Waals surface area contributed by atoms with E-state index in [1.165, 1.54) is 0 Å². The fourth-order valence-corrected chi connectivity index (χ4v) is 2.82. The maximum atomic E-state index is 11.9. The number of aryl methyl sites for hydroxylation is 1. The van der Waals surface area contributed by atoms with Crippen LogP contribution in [0.5, 0.6) is 11.5 Å². The highest BCUT2D eigenvalue weighted by Gasteiger charge is 2.14. The molecular formula is C19H19ClN2O4. The third kappa shape index (κ3) is 4.89. The molecule has 2 aromatic rings. The molecule has 0 saturated carbocycles. The molecule has 0 fully saturated rings. The van der Waals surface area contributed by atoms with Crippen LogP contribution < -0.4 is 20.1 Å². The molecule has 0 bridgehead atoms. The Morgan fingerprint density at radius 1 is 1.04 bits per heavy atom. The smallest absolute Gasteiger partial charge is 0.243 e. The van der Waals surface area contributed by atoms with Gasteiger partial charge in [-0.1, -0.05) is 29.8 Å². The second kappa shape index (κ2) is 8.58. The number of benzene rings is 2. The van der Waals surface area contributed by atoms with Crippen LogP contribution in [0.2, 0.25) is 5.02 Å². The average molecular weight is 375 g/mol. The number of halogens is 1. The molecule has 2 amide bonds. The molecule has 1 aliphatic heterocycles. The van der Waals surface area contributed by atoms with Gasteiger partial charge in [-0.25, -0.2) is 0 Å². The fourth-order valence-electron chi connectivity index (χ4n) is 2.59. The molecule has 7 heteroatoms. The van der Waals surface area contributed by atoms with Crippen molar-refractivity contribution < 1.29 is 19.1 Å². The summed E-state index contributed by atoms with van der Waals surface area (Å²) in [5, 5.41) is 6.03. The normalized spacial score (nSPS) is 11.9. The second-order valence-corrected chi connectivity index (χ2v) is 6.25. The molecule has 6 nitrogen and oxygen atoms in total. The van der Waals surface area contributed by atoms with Crippen molar-refractivity contribution in [3.63, 3.8) is 0 Å². The summed E-state index contributed by atoms with van der Waals surface area (Å²) in [7, 11) is 0. The van der Waals surface area contributed by atoms with Crippen LogP contribution in [0.15, 0.2) is 42.5 Å². The van der Waals surface area contributed by atoms with Gasteiger partial charge in [0.2, 0.25) is 18.6 Å². The van der Waals surface area contributed by atoms with Gasteiger partial charge in [-0.15, -0.1) is 0 Å². The molecule has 3 rings (SSSR count). The summed E-state index contributed by atoms with van der Waals surface area (Å²) in [6.45, 7) is 0.0936. The van der Waals surface area contributed by atoms with Crippen LogP contribution in [0.25, 0.3) is 0 Å². The van der Waals surface area contributed by atoms with E-state index in [4.69, 9.17) is 21.1 Å². The maximum absolute atomic E-state index is 11.9. The highest BCUT2D eigenvalue weighted by atomic mass is 35.5. The molecule has 2 aromatic carbocycles. The number of carbonyl (C=O) groups excluding carboxylic acids is 2. The van der Waals surface area contributed by atoms with E-state index in [0.717, 1.165) is 12.0 Å². The van der Waals surface area contributed by atoms with Crippen LogP contribution in [0.4, 0.5) is 5.69 Å². The van der Waals surface area contributed by atoms with Crippen LogP contribution in [-0.4, -0.2) is 25.2 Å². The van der Waals surface area contributed by atoms with Gasteiger partial charge in [0.25, 0.3) is 0 Å². The highest BCUT2D eigenvalue weighted by molar-refractivity contribution is 6.31. The molecule has 0 aliphatic carbocycles. The minimum absolute atomic E-state index is 0.0840. The topological polar surface area (TPSA) is 76.7 Å². The first kappa shape index (κ1) is 18.1. The number of amides is 2. The Hall–Kier alpha value is -2.73. The first-order valence-electron chi connectivity index (χ1n) is 8.31. The van der Waals surface area contributed by atoms with E-state index in [9.17, 15) is 9.59 Å². The summed E-state index contributed by atoms with van der Waals surface area (Å²) in [5.41, 5.74) is 1.61. The number of rotatable bonds is 7. The molecule has 136 valence electrons. The number of nitrogens with one attached hydrogen (secondary N) is 2. The highest BCUT2D eigenvalue weighted by Crippen LogP contribution is 2.34. The quantitative estimate of drug-likeness (QED) is 0.780. The molecule has 0 spiro atoms. The van der Waals surface area contributed by atoms with Crippen molar-refractivity contribution >= 4 is 29.1 Å². The Morgan fingerprint density at radius 2 is 1.85 bits per heavy atom. The summed E-state index contributed by atoms with van der Waals surface area (Å²) in [6, 6.07) is 12.7. The SMILES string of the molecule is O=C(CCCc1ccccc1Cl)NCC(=O)Nc1ccc2c(c1)OCO2. The van der Waals surface area contributed by atoms with Gasteiger partial charge in [0, 0.05) is 23.2 Å². The van der Waals surface area contributed by atoms with E-state index in [0.29, 0.717) is 35.1 Å². The summed E-state index contributed by atoms with van der Waals surface area (Å²) < 4.78 is 10.5. The Morgan fingerprint density at radius 3 is 2.69 bits per heavy atom. The molecule has 0 atom stereocenters. The Kier molecular flexibility index (Phi) is 5.96. The summed E-state index contributed by atoms with van der Waals surface area (Å²) >= 11 is 6.08. The van der Waals surface area contributed by atoms with Crippen molar-refractivity contribution in [3.8, 4) is 11.5 Å². The zero-order valence-electron chi connectivity index (χ0n) is 14.1. The van der Waals surface area contributed by atoms with Crippen molar-refractivity contribution in [2.45, 2.75) is 19.3 Å². The third-order valence-electron chi connectivity index (χ3n) is 3.91. The van der Waals surface area contributed by atoms with Gasteiger partial charge >= 0.3 is 0 Å². The molecule has 1 aliphatic rings. The molecule has 0 saturated heterocycles. The second-order valence-electron chi connectivity index (χ2n) is 5.84. The van der Waals surface area contributed by atoms with Crippen molar-refractivity contribution in [1.29, 1.82) is 0 Å². The standard InChI is InChI=1S/C19H19ClN2O4/c20-15-6-2-1-4-13(15)5-3-7-18(23)21-11-19(24)22-14-8-9-16-17(10-14)26-12-25-16/h1-2,4,6,8-10H,3,5,7,11-12H2,(H,21,23)(H,22,24). The van der Waals surface area contributed by atoms with Gasteiger partial charge in [0.15, 0.2) is 11.5 Å². The molecular weight excluding hydrogens is 356 g/mol. The molecule has 0 unspecified atom stereocenters. The number of ether oxygens (including phenoxy) is 2. The summed E-state index contributed by atoms with van der Waals surface area (Å²) in [5.74, 6) is 0.766. The van der Waals surface area contributed by atoms with E-state index in [1.54, 1.807) is 18.2 Å². The van der Waals surface area contributed by atoms with E-state index in [-0.39, 0.29) is 25.2 Å². The van der Waals surface area contributed by atoms with Gasteiger partial charge in [-0.2, -0.15) is 0 Å². The van der Waals surface area contributed by atoms with Crippen LogP contribution in [0.3, 0.4) is 0 Å². The van der Waals surface area contributed by atoms with Gasteiger partial charge in [-0.3, -0.25) is 9.59 Å². The van der Waals surface area contributed by atoms with Crippen molar-refractivity contribution in [1.82, 2.24) is 5.32 Å². The third-order valence-corrected chi connectivity index (χ3v) is 4.28. The maximum Gasteiger partial charge on any atom is 0.243 e. The van der Waals surface area contributed by atoms with Gasteiger partial charge in [0.05, 0.1) is 6.54 Å². The van der Waals surface area contributed by atoms with Gasteiger partial charge in [-0.05, 0) is 36.6 Å². The lowest BCUT2D eigenvalue weighted by atomic mass is 10.1. The molecule has 1 heterocycles. The fraction of sp³-hybridized carbons (Fsp3) is 0.263. The molecule has 0 aromatic heterocycles. The molecule has 2 N–H and O–H groups in total. The summed E-state index contributed by atoms with van der Waals surface area (Å²) in [4.78, 5) is 23.8. The minimum Gasteiger partial charge on any atom is -0.454 e. The Bertz CT molecular complexity index is 810. The van der Waals surface area contributed by atoms with Crippen LogP contribution in [0.1, 0.15) is 18.4 Å². The van der Waals surface area contributed by atoms with Crippen molar-refractivity contribution in [3.05, 3.63) is 53.1 Å². The van der Waals surface area contributed by atoms with Crippen LogP contribution >= 0.6 is 11.6 Å².